The van der Waals surface area contributed by atoms with Crippen LogP contribution in [0.25, 0.3) is 44.2 Å². The van der Waals surface area contributed by atoms with Gasteiger partial charge in [0.1, 0.15) is 29.5 Å². The molecule has 0 radical (unpaired) electrons. The smallest absolute Gasteiger partial charge is 0.408 e. The Labute approximate surface area is 267 Å². The van der Waals surface area contributed by atoms with E-state index in [0.717, 1.165) is 74.3 Å². The Hall–Kier alpha value is -4.41. The summed E-state index contributed by atoms with van der Waals surface area (Å²) < 4.78 is 11.8. The molecule has 2 aromatic heterocycles. The minimum absolute atomic E-state index is 0.0846. The van der Waals surface area contributed by atoms with E-state index in [4.69, 9.17) is 19.4 Å². The molecule has 2 saturated heterocycles. The third kappa shape index (κ3) is 4.41. The number of hydrogen-bond donors (Lipinski definition) is 4. The quantitative estimate of drug-likeness (QED) is 0.167. The SMILES string of the molecule is COC[C@@H]1CN(C(=O)O)[C@](c2ncc(-c3ccc4c(c3)COc3cc5c(ccc6[nH]c([C@@H]7CCCN7)nc65)cc3-4)[nH]2)(C(C)(C)C)C1. The molecule has 1 amide bonds. The van der Waals surface area contributed by atoms with E-state index in [0.29, 0.717) is 32.0 Å². The standard InChI is InChI=1S/C36H40N6O4/c1-35(2,3)36(15-20(18-45-4)17-42(36)34(43)44)33-38-16-29(40-33)22-7-9-24-23(12-22)19-46-30-14-25-21(13-26(24)30)8-10-27-31(25)41-32(39-27)28-6-5-11-37-28/h7-10,12-14,16,20,28,37H,5-6,11,15,17-19H2,1-4H3,(H,38,40)(H,39,41)(H,43,44)/t20-,28-,36+/m0/s1. The topological polar surface area (TPSA) is 128 Å². The lowest BCUT2D eigenvalue weighted by Gasteiger charge is -2.45. The number of amides is 1. The predicted molar refractivity (Wildman–Crippen MR) is 177 cm³/mol. The molecule has 10 heteroatoms. The summed E-state index contributed by atoms with van der Waals surface area (Å²) in [5.41, 5.74) is 5.93. The van der Waals surface area contributed by atoms with Crippen LogP contribution in [0.4, 0.5) is 4.79 Å². The van der Waals surface area contributed by atoms with Crippen LogP contribution in [0.1, 0.15) is 63.3 Å². The van der Waals surface area contributed by atoms with Crippen LogP contribution in [0.2, 0.25) is 0 Å². The molecular weight excluding hydrogens is 580 g/mol. The van der Waals surface area contributed by atoms with Crippen molar-refractivity contribution in [2.45, 2.75) is 58.2 Å². The molecule has 5 aromatic rings. The van der Waals surface area contributed by atoms with Crippen molar-refractivity contribution in [3.63, 3.8) is 0 Å². The van der Waals surface area contributed by atoms with Crippen LogP contribution in [0, 0.1) is 11.3 Å². The Morgan fingerprint density at radius 2 is 2.02 bits per heavy atom. The molecule has 0 saturated carbocycles. The van der Waals surface area contributed by atoms with E-state index in [9.17, 15) is 9.90 Å². The number of aromatic amines is 2. The van der Waals surface area contributed by atoms with Crippen molar-refractivity contribution in [3.8, 4) is 28.1 Å². The van der Waals surface area contributed by atoms with Crippen LogP contribution in [0.3, 0.4) is 0 Å². The van der Waals surface area contributed by atoms with Crippen molar-refractivity contribution in [2.24, 2.45) is 11.3 Å². The summed E-state index contributed by atoms with van der Waals surface area (Å²) in [5, 5.41) is 16.0. The van der Waals surface area contributed by atoms with Gasteiger partial charge in [-0.2, -0.15) is 0 Å². The molecule has 5 heterocycles. The molecule has 3 aliphatic heterocycles. The number of rotatable bonds is 5. The van der Waals surface area contributed by atoms with E-state index in [1.165, 1.54) is 6.42 Å². The van der Waals surface area contributed by atoms with Gasteiger partial charge in [0.05, 0.1) is 35.6 Å². The Morgan fingerprint density at radius 1 is 1.15 bits per heavy atom. The summed E-state index contributed by atoms with van der Waals surface area (Å²) in [6.45, 7) is 8.64. The second kappa shape index (κ2) is 10.6. The Bertz CT molecular complexity index is 1980. The van der Waals surface area contributed by atoms with Gasteiger partial charge in [-0.05, 0) is 77.6 Å². The number of H-pyrrole nitrogens is 2. The highest BCUT2D eigenvalue weighted by atomic mass is 16.5. The fourth-order valence-electron chi connectivity index (χ4n) is 8.12. The van der Waals surface area contributed by atoms with Crippen molar-refractivity contribution in [1.29, 1.82) is 0 Å². The first-order valence-corrected chi connectivity index (χ1v) is 16.2. The average molecular weight is 621 g/mol. The monoisotopic (exact) mass is 620 g/mol. The number of fused-ring (bicyclic) bond motifs is 6. The highest BCUT2D eigenvalue weighted by Crippen LogP contribution is 2.52. The number of benzene rings is 3. The summed E-state index contributed by atoms with van der Waals surface area (Å²) in [6, 6.07) is 15.3. The lowest BCUT2D eigenvalue weighted by Crippen LogP contribution is -2.53. The summed E-state index contributed by atoms with van der Waals surface area (Å²) in [4.78, 5) is 31.0. The van der Waals surface area contributed by atoms with E-state index < -0.39 is 17.0 Å². The number of nitrogens with one attached hydrogen (secondary N) is 3. The molecule has 0 bridgehead atoms. The number of nitrogens with zero attached hydrogens (tertiary/aromatic N) is 3. The number of methoxy groups -OCH3 is 1. The molecule has 2 fully saturated rings. The number of ether oxygens (including phenoxy) is 2. The number of hydrogen-bond acceptors (Lipinski definition) is 6. The van der Waals surface area contributed by atoms with Crippen LogP contribution in [0.15, 0.2) is 48.7 Å². The van der Waals surface area contributed by atoms with E-state index in [1.807, 2.05) is 6.20 Å². The molecule has 3 aromatic carbocycles. The fourth-order valence-corrected chi connectivity index (χ4v) is 8.12. The van der Waals surface area contributed by atoms with Crippen molar-refractivity contribution >= 4 is 27.9 Å². The Balaban J connectivity index is 1.14. The van der Waals surface area contributed by atoms with Gasteiger partial charge in [0, 0.05) is 30.5 Å². The van der Waals surface area contributed by atoms with Crippen LogP contribution in [-0.2, 0) is 16.9 Å². The molecule has 3 aliphatic rings. The highest BCUT2D eigenvalue weighted by molar-refractivity contribution is 6.07. The largest absolute Gasteiger partial charge is 0.488 e. The first kappa shape index (κ1) is 29.0. The zero-order valence-corrected chi connectivity index (χ0v) is 26.7. The second-order valence-electron chi connectivity index (χ2n) is 14.1. The van der Waals surface area contributed by atoms with Crippen LogP contribution >= 0.6 is 0 Å². The van der Waals surface area contributed by atoms with E-state index >= 15 is 0 Å². The molecular formula is C36H40N6O4. The van der Waals surface area contributed by atoms with Gasteiger partial charge in [0.2, 0.25) is 0 Å². The minimum Gasteiger partial charge on any atom is -0.488 e. The molecule has 3 atom stereocenters. The van der Waals surface area contributed by atoms with Gasteiger partial charge >= 0.3 is 6.09 Å². The number of likely N-dealkylation sites (tertiary alicyclic amines) is 1. The predicted octanol–water partition coefficient (Wildman–Crippen LogP) is 6.98. The summed E-state index contributed by atoms with van der Waals surface area (Å²) in [6.07, 6.45) is 3.78. The van der Waals surface area contributed by atoms with Crippen LogP contribution in [0.5, 0.6) is 5.75 Å². The lowest BCUT2D eigenvalue weighted by atomic mass is 9.70. The van der Waals surface area contributed by atoms with Gasteiger partial charge in [-0.25, -0.2) is 14.8 Å². The van der Waals surface area contributed by atoms with Crippen molar-refractivity contribution in [1.82, 2.24) is 30.2 Å². The summed E-state index contributed by atoms with van der Waals surface area (Å²) in [5.74, 6) is 2.62. The zero-order chi connectivity index (χ0) is 31.8. The Kier molecular flexibility index (Phi) is 6.67. The van der Waals surface area contributed by atoms with Gasteiger partial charge in [-0.15, -0.1) is 0 Å². The first-order chi connectivity index (χ1) is 22.2. The molecule has 4 N–H and O–H groups in total. The molecule has 8 rings (SSSR count). The second-order valence-corrected chi connectivity index (χ2v) is 14.1. The zero-order valence-electron chi connectivity index (χ0n) is 26.7. The van der Waals surface area contributed by atoms with Gasteiger partial charge < -0.3 is 29.9 Å². The maximum absolute atomic E-state index is 12.5. The molecule has 238 valence electrons. The molecule has 0 spiro atoms. The van der Waals surface area contributed by atoms with Gasteiger partial charge in [0.15, 0.2) is 0 Å². The van der Waals surface area contributed by atoms with E-state index in [-0.39, 0.29) is 12.0 Å². The average Bonchev–Trinajstić information content (AvgIpc) is 3.85. The molecule has 0 aliphatic carbocycles. The molecule has 46 heavy (non-hydrogen) atoms. The maximum Gasteiger partial charge on any atom is 0.408 e. The minimum atomic E-state index is -0.942. The molecule has 0 unspecified atom stereocenters. The lowest BCUT2D eigenvalue weighted by molar-refractivity contribution is 0.0213. The number of carbonyl (C=O) groups is 1. The van der Waals surface area contributed by atoms with Crippen LogP contribution in [-0.4, -0.2) is 62.8 Å². The third-order valence-corrected chi connectivity index (χ3v) is 10.4. The normalized spacial score (nSPS) is 22.7. The highest BCUT2D eigenvalue weighted by Gasteiger charge is 2.58. The van der Waals surface area contributed by atoms with Crippen LogP contribution < -0.4 is 10.1 Å². The van der Waals surface area contributed by atoms with Gasteiger partial charge in [-0.3, -0.25) is 4.90 Å². The number of carboxylic acid groups (broad SMARTS) is 1. The number of aromatic nitrogens is 4. The maximum atomic E-state index is 12.5. The van der Waals surface area contributed by atoms with Gasteiger partial charge in [-0.1, -0.05) is 39.0 Å². The molecule has 10 nitrogen and oxygen atoms in total. The first-order valence-electron chi connectivity index (χ1n) is 16.2. The van der Waals surface area contributed by atoms with E-state index in [2.05, 4.69) is 78.5 Å². The van der Waals surface area contributed by atoms with Gasteiger partial charge in [0.25, 0.3) is 0 Å². The van der Waals surface area contributed by atoms with Crippen molar-refractivity contribution in [3.05, 3.63) is 65.9 Å². The van der Waals surface area contributed by atoms with Crippen molar-refractivity contribution in [2.75, 3.05) is 26.8 Å². The Morgan fingerprint density at radius 3 is 2.78 bits per heavy atom. The van der Waals surface area contributed by atoms with Crippen molar-refractivity contribution < 1.29 is 19.4 Å². The fraction of sp³-hybridized carbons (Fsp3) is 0.417. The van der Waals surface area contributed by atoms with E-state index in [1.54, 1.807) is 12.0 Å². The third-order valence-electron chi connectivity index (χ3n) is 10.4. The number of imidazole rings is 2. The summed E-state index contributed by atoms with van der Waals surface area (Å²) in [7, 11) is 1.66. The summed E-state index contributed by atoms with van der Waals surface area (Å²) >= 11 is 0.